The number of fused-ring (bicyclic) bond motifs is 2. The summed E-state index contributed by atoms with van der Waals surface area (Å²) in [6, 6.07) is 6.37. The standard InChI is InChI=1S/C30H41NO5/c1-6-7-8-9-10-11-12-13-14-31(3,4)15-16-36-26-18-21(2)17-23-28(26)30(34)27-24(29(23)33)19-22(35-5)20-25(27)32/h17-20H,6-16H2,1-5H3/p+1. The van der Waals surface area contributed by atoms with E-state index in [-0.39, 0.29) is 28.2 Å². The number of benzene rings is 2. The highest BCUT2D eigenvalue weighted by molar-refractivity contribution is 6.30. The molecule has 2 aromatic carbocycles. The number of unbranched alkanes of at least 4 members (excludes halogenated alkanes) is 7. The highest BCUT2D eigenvalue weighted by Gasteiger charge is 2.35. The van der Waals surface area contributed by atoms with Crippen molar-refractivity contribution in [2.24, 2.45) is 0 Å². The van der Waals surface area contributed by atoms with Gasteiger partial charge in [0.05, 0.1) is 38.9 Å². The van der Waals surface area contributed by atoms with Crippen molar-refractivity contribution in [1.29, 1.82) is 0 Å². The SMILES string of the molecule is CCCCCCCCCC[N+](C)(C)CCOc1cc(C)cc2c1C(=O)c1c(O)cc(OC)cc1C2=O. The Hall–Kier alpha value is -2.86. The fourth-order valence-corrected chi connectivity index (χ4v) is 4.88. The number of nitrogens with zero attached hydrogens (tertiary/aromatic N) is 1. The van der Waals surface area contributed by atoms with E-state index < -0.39 is 5.78 Å². The summed E-state index contributed by atoms with van der Waals surface area (Å²) in [5.41, 5.74) is 1.54. The number of carbonyl (C=O) groups is 2. The molecule has 3 rings (SSSR count). The summed E-state index contributed by atoms with van der Waals surface area (Å²) in [6.45, 7) is 6.43. The highest BCUT2D eigenvalue weighted by Crippen LogP contribution is 2.39. The molecule has 0 saturated heterocycles. The minimum Gasteiger partial charge on any atom is -0.507 e. The lowest BCUT2D eigenvalue weighted by atomic mass is 9.82. The van der Waals surface area contributed by atoms with E-state index in [1.807, 2.05) is 6.92 Å². The Morgan fingerprint density at radius 3 is 2.11 bits per heavy atom. The summed E-state index contributed by atoms with van der Waals surface area (Å²) in [7, 11) is 5.86. The number of ether oxygens (including phenoxy) is 2. The van der Waals surface area contributed by atoms with Crippen LogP contribution in [-0.2, 0) is 0 Å². The van der Waals surface area contributed by atoms with Crippen molar-refractivity contribution in [3.05, 3.63) is 52.1 Å². The molecule has 36 heavy (non-hydrogen) atoms. The number of quaternary nitrogens is 1. The van der Waals surface area contributed by atoms with Crippen LogP contribution in [0.3, 0.4) is 0 Å². The average Bonchev–Trinajstić information content (AvgIpc) is 2.83. The maximum Gasteiger partial charge on any atom is 0.201 e. The van der Waals surface area contributed by atoms with Gasteiger partial charge in [0, 0.05) is 17.2 Å². The van der Waals surface area contributed by atoms with Crippen LogP contribution in [0.5, 0.6) is 17.2 Å². The van der Waals surface area contributed by atoms with Crippen molar-refractivity contribution in [1.82, 2.24) is 0 Å². The van der Waals surface area contributed by atoms with E-state index in [0.717, 1.165) is 23.1 Å². The van der Waals surface area contributed by atoms with E-state index in [1.165, 1.54) is 70.6 Å². The summed E-state index contributed by atoms with van der Waals surface area (Å²) >= 11 is 0. The third-order valence-electron chi connectivity index (χ3n) is 7.09. The lowest BCUT2D eigenvalue weighted by Gasteiger charge is -2.30. The number of ketones is 2. The first kappa shape index (κ1) is 27.7. The summed E-state index contributed by atoms with van der Waals surface area (Å²) in [5.74, 6) is -0.244. The number of hydrogen-bond donors (Lipinski definition) is 1. The van der Waals surface area contributed by atoms with Gasteiger partial charge in [0.2, 0.25) is 5.78 Å². The molecule has 0 aromatic heterocycles. The number of aryl methyl sites for hydroxylation is 1. The first-order valence-electron chi connectivity index (χ1n) is 13.3. The average molecular weight is 497 g/mol. The molecule has 0 radical (unpaired) electrons. The molecule has 0 fully saturated rings. The summed E-state index contributed by atoms with van der Waals surface area (Å²) < 4.78 is 12.1. The number of methoxy groups -OCH3 is 1. The lowest BCUT2D eigenvalue weighted by Crippen LogP contribution is -2.43. The van der Waals surface area contributed by atoms with Gasteiger partial charge in [0.1, 0.15) is 30.4 Å². The molecule has 6 heteroatoms. The van der Waals surface area contributed by atoms with E-state index in [4.69, 9.17) is 9.47 Å². The second-order valence-corrected chi connectivity index (χ2v) is 10.6. The Kier molecular flexibility index (Phi) is 9.55. The lowest BCUT2D eigenvalue weighted by molar-refractivity contribution is -0.890. The topological polar surface area (TPSA) is 72.8 Å². The van der Waals surface area contributed by atoms with Gasteiger partial charge in [0.15, 0.2) is 5.78 Å². The second-order valence-electron chi connectivity index (χ2n) is 10.6. The highest BCUT2D eigenvalue weighted by atomic mass is 16.5. The normalized spacial score (nSPS) is 12.9. The van der Waals surface area contributed by atoms with Gasteiger partial charge in [-0.25, -0.2) is 0 Å². The van der Waals surface area contributed by atoms with E-state index in [9.17, 15) is 14.7 Å². The molecule has 0 unspecified atom stereocenters. The van der Waals surface area contributed by atoms with Crippen LogP contribution in [0.15, 0.2) is 24.3 Å². The predicted molar refractivity (Wildman–Crippen MR) is 143 cm³/mol. The van der Waals surface area contributed by atoms with Crippen LogP contribution >= 0.6 is 0 Å². The van der Waals surface area contributed by atoms with Crippen LogP contribution in [0.2, 0.25) is 0 Å². The predicted octanol–water partition coefficient (Wildman–Crippen LogP) is 6.08. The Morgan fingerprint density at radius 1 is 0.806 bits per heavy atom. The van der Waals surface area contributed by atoms with Crippen LogP contribution in [0.1, 0.15) is 95.7 Å². The van der Waals surface area contributed by atoms with Crippen molar-refractivity contribution in [2.75, 3.05) is 40.9 Å². The van der Waals surface area contributed by atoms with Gasteiger partial charge >= 0.3 is 0 Å². The molecule has 1 aliphatic rings. The van der Waals surface area contributed by atoms with Gasteiger partial charge in [-0.15, -0.1) is 0 Å². The summed E-state index contributed by atoms with van der Waals surface area (Å²) in [4.78, 5) is 26.7. The fraction of sp³-hybridized carbons (Fsp3) is 0.533. The van der Waals surface area contributed by atoms with Crippen LogP contribution in [0.25, 0.3) is 0 Å². The first-order valence-corrected chi connectivity index (χ1v) is 13.3. The molecule has 2 aromatic rings. The van der Waals surface area contributed by atoms with Crippen molar-refractivity contribution < 1.29 is 28.7 Å². The number of likely N-dealkylation sites (N-methyl/N-ethyl adjacent to an activating group) is 1. The van der Waals surface area contributed by atoms with Gasteiger partial charge in [-0.3, -0.25) is 9.59 Å². The number of aromatic hydroxyl groups is 1. The maximum absolute atomic E-state index is 13.4. The van der Waals surface area contributed by atoms with Gasteiger partial charge < -0.3 is 19.1 Å². The molecule has 0 amide bonds. The zero-order valence-corrected chi connectivity index (χ0v) is 22.6. The molecule has 0 saturated carbocycles. The molecule has 0 aliphatic heterocycles. The van der Waals surface area contributed by atoms with E-state index in [0.29, 0.717) is 23.7 Å². The van der Waals surface area contributed by atoms with Gasteiger partial charge in [0.25, 0.3) is 0 Å². The second kappa shape index (κ2) is 12.4. The smallest absolute Gasteiger partial charge is 0.201 e. The molecule has 0 atom stereocenters. The van der Waals surface area contributed by atoms with Crippen molar-refractivity contribution in [2.45, 2.75) is 65.2 Å². The molecular formula is C30H42NO5+. The Labute approximate surface area is 215 Å². The number of phenols is 1. The van der Waals surface area contributed by atoms with Crippen LogP contribution in [-0.4, -0.2) is 62.1 Å². The summed E-state index contributed by atoms with van der Waals surface area (Å²) in [5, 5.41) is 10.5. The number of rotatable bonds is 14. The van der Waals surface area contributed by atoms with Gasteiger partial charge in [-0.1, -0.05) is 45.4 Å². The Bertz CT molecular complexity index is 1090. The Balaban J connectivity index is 1.63. The molecule has 196 valence electrons. The Morgan fingerprint density at radius 2 is 1.44 bits per heavy atom. The molecule has 0 spiro atoms. The number of phenolic OH excluding ortho intramolecular Hbond substituents is 1. The summed E-state index contributed by atoms with van der Waals surface area (Å²) in [6.07, 6.45) is 10.4. The van der Waals surface area contributed by atoms with Crippen LogP contribution in [0.4, 0.5) is 0 Å². The van der Waals surface area contributed by atoms with E-state index >= 15 is 0 Å². The van der Waals surface area contributed by atoms with Crippen LogP contribution < -0.4 is 9.47 Å². The molecule has 1 N–H and O–H groups in total. The molecule has 6 nitrogen and oxygen atoms in total. The molecule has 0 bridgehead atoms. The van der Waals surface area contributed by atoms with Gasteiger partial charge in [-0.2, -0.15) is 0 Å². The zero-order valence-electron chi connectivity index (χ0n) is 22.6. The number of hydrogen-bond acceptors (Lipinski definition) is 5. The largest absolute Gasteiger partial charge is 0.507 e. The van der Waals surface area contributed by atoms with Crippen LogP contribution in [0, 0.1) is 6.92 Å². The minimum absolute atomic E-state index is 0.00723. The van der Waals surface area contributed by atoms with Crippen molar-refractivity contribution >= 4 is 11.6 Å². The first-order chi connectivity index (χ1) is 17.2. The fourth-order valence-electron chi connectivity index (χ4n) is 4.88. The van der Waals surface area contributed by atoms with E-state index in [1.54, 1.807) is 12.1 Å². The third-order valence-corrected chi connectivity index (χ3v) is 7.09. The maximum atomic E-state index is 13.4. The number of carbonyl (C=O) groups excluding carboxylic acids is 2. The minimum atomic E-state index is -0.401. The zero-order chi connectivity index (χ0) is 26.3. The molecule has 0 heterocycles. The van der Waals surface area contributed by atoms with Gasteiger partial charge in [-0.05, 0) is 43.5 Å². The third kappa shape index (κ3) is 6.67. The van der Waals surface area contributed by atoms with Crippen molar-refractivity contribution in [3.8, 4) is 17.2 Å². The quantitative estimate of drug-likeness (QED) is 0.216. The molecule has 1 aliphatic carbocycles. The monoisotopic (exact) mass is 496 g/mol. The van der Waals surface area contributed by atoms with Crippen molar-refractivity contribution in [3.63, 3.8) is 0 Å². The molecular weight excluding hydrogens is 454 g/mol. The van der Waals surface area contributed by atoms with E-state index in [2.05, 4.69) is 21.0 Å².